The number of hydrogen-bond acceptors (Lipinski definition) is 8. The average molecular weight is 402 g/mol. The molecule has 0 amide bonds. The molecule has 0 spiro atoms. The normalized spacial score (nSPS) is 14.4. The highest BCUT2D eigenvalue weighted by Crippen LogP contribution is 2.29. The summed E-state index contributed by atoms with van der Waals surface area (Å²) >= 11 is 1.51. The third-order valence-electron chi connectivity index (χ3n) is 4.70. The standard InChI is InChI=1S/C19H22N4O4S/c1-25-17(24)16-14(7-11-27-16)13-28-19-21-20-18(22-8-3-2-4-9-22)23(19)12-15-6-5-10-26-15/h5-7,10-11H,2-4,8-9,12-13H2,1H3. The van der Waals surface area contributed by atoms with Crippen LogP contribution in [0.2, 0.25) is 0 Å². The Bertz CT molecular complexity index is 912. The first-order valence-corrected chi connectivity index (χ1v) is 10.2. The van der Waals surface area contributed by atoms with Crippen molar-refractivity contribution in [3.8, 4) is 0 Å². The highest BCUT2D eigenvalue weighted by Gasteiger charge is 2.22. The van der Waals surface area contributed by atoms with E-state index in [1.165, 1.54) is 31.6 Å². The molecule has 4 rings (SSSR count). The lowest BCUT2D eigenvalue weighted by molar-refractivity contribution is 0.0564. The van der Waals surface area contributed by atoms with Gasteiger partial charge in [-0.25, -0.2) is 4.79 Å². The maximum atomic E-state index is 11.8. The van der Waals surface area contributed by atoms with E-state index in [0.29, 0.717) is 12.3 Å². The maximum absolute atomic E-state index is 11.8. The molecule has 148 valence electrons. The lowest BCUT2D eigenvalue weighted by atomic mass is 10.1. The number of anilines is 1. The van der Waals surface area contributed by atoms with Gasteiger partial charge in [-0.15, -0.1) is 10.2 Å². The van der Waals surface area contributed by atoms with Gasteiger partial charge in [0.05, 0.1) is 26.2 Å². The largest absolute Gasteiger partial charge is 0.467 e. The Morgan fingerprint density at radius 2 is 2.04 bits per heavy atom. The minimum atomic E-state index is -0.480. The Kier molecular flexibility index (Phi) is 5.70. The molecule has 1 aliphatic rings. The summed E-state index contributed by atoms with van der Waals surface area (Å²) in [5.41, 5.74) is 0.768. The molecule has 28 heavy (non-hydrogen) atoms. The fourth-order valence-corrected chi connectivity index (χ4v) is 4.19. The van der Waals surface area contributed by atoms with Crippen molar-refractivity contribution in [1.82, 2.24) is 14.8 Å². The number of furan rings is 2. The van der Waals surface area contributed by atoms with Gasteiger partial charge in [0.15, 0.2) is 5.16 Å². The van der Waals surface area contributed by atoms with E-state index < -0.39 is 5.97 Å². The van der Waals surface area contributed by atoms with Crippen molar-refractivity contribution in [2.24, 2.45) is 0 Å². The summed E-state index contributed by atoms with van der Waals surface area (Å²) in [6.45, 7) is 2.52. The Morgan fingerprint density at radius 3 is 2.79 bits per heavy atom. The number of hydrogen-bond donors (Lipinski definition) is 0. The summed E-state index contributed by atoms with van der Waals surface area (Å²) in [5, 5.41) is 9.64. The molecule has 1 fully saturated rings. The van der Waals surface area contributed by atoms with E-state index in [4.69, 9.17) is 13.6 Å². The van der Waals surface area contributed by atoms with Crippen LogP contribution in [-0.4, -0.2) is 40.9 Å². The Labute approximate surface area is 166 Å². The van der Waals surface area contributed by atoms with Crippen molar-refractivity contribution < 1.29 is 18.4 Å². The smallest absolute Gasteiger partial charge is 0.374 e. The van der Waals surface area contributed by atoms with Gasteiger partial charge in [0.25, 0.3) is 0 Å². The van der Waals surface area contributed by atoms with Gasteiger partial charge >= 0.3 is 5.97 Å². The van der Waals surface area contributed by atoms with Crippen LogP contribution >= 0.6 is 11.8 Å². The van der Waals surface area contributed by atoms with Gasteiger partial charge in [0, 0.05) is 24.4 Å². The number of rotatable bonds is 7. The number of esters is 1. The monoisotopic (exact) mass is 402 g/mol. The molecule has 0 unspecified atom stereocenters. The third-order valence-corrected chi connectivity index (χ3v) is 5.72. The van der Waals surface area contributed by atoms with Gasteiger partial charge in [0.1, 0.15) is 5.76 Å². The Morgan fingerprint density at radius 1 is 1.18 bits per heavy atom. The molecule has 0 aliphatic carbocycles. The molecule has 8 nitrogen and oxygen atoms in total. The number of ether oxygens (including phenoxy) is 1. The highest BCUT2D eigenvalue weighted by molar-refractivity contribution is 7.98. The van der Waals surface area contributed by atoms with Crippen molar-refractivity contribution >= 4 is 23.7 Å². The molecule has 0 aromatic carbocycles. The van der Waals surface area contributed by atoms with Crippen LogP contribution in [0, 0.1) is 0 Å². The minimum Gasteiger partial charge on any atom is -0.467 e. The van der Waals surface area contributed by atoms with Crippen molar-refractivity contribution in [2.45, 2.75) is 36.7 Å². The molecule has 0 N–H and O–H groups in total. The molecule has 1 aliphatic heterocycles. The van der Waals surface area contributed by atoms with Gasteiger partial charge in [-0.05, 0) is 37.5 Å². The third kappa shape index (κ3) is 3.94. The second kappa shape index (κ2) is 8.55. The van der Waals surface area contributed by atoms with Crippen LogP contribution < -0.4 is 4.90 Å². The van der Waals surface area contributed by atoms with Gasteiger partial charge in [-0.1, -0.05) is 11.8 Å². The zero-order chi connectivity index (χ0) is 19.3. The zero-order valence-electron chi connectivity index (χ0n) is 15.7. The van der Waals surface area contributed by atoms with Crippen LogP contribution in [0.3, 0.4) is 0 Å². The minimum absolute atomic E-state index is 0.225. The fraction of sp³-hybridized carbons (Fsp3) is 0.421. The Balaban J connectivity index is 1.57. The Hall–Kier alpha value is -2.68. The number of piperidine rings is 1. The predicted octanol–water partition coefficient (Wildman–Crippen LogP) is 3.58. The molecule has 1 saturated heterocycles. The van der Waals surface area contributed by atoms with E-state index in [0.717, 1.165) is 48.4 Å². The van der Waals surface area contributed by atoms with Crippen LogP contribution in [0.5, 0.6) is 0 Å². The number of carbonyl (C=O) groups excluding carboxylic acids is 1. The molecule has 0 atom stereocenters. The quantitative estimate of drug-likeness (QED) is 0.438. The molecule has 0 radical (unpaired) electrons. The fourth-order valence-electron chi connectivity index (χ4n) is 3.28. The first kappa shape index (κ1) is 18.7. The predicted molar refractivity (Wildman–Crippen MR) is 104 cm³/mol. The molecular formula is C19H22N4O4S. The molecular weight excluding hydrogens is 380 g/mol. The van der Waals surface area contributed by atoms with E-state index in [1.54, 1.807) is 12.3 Å². The van der Waals surface area contributed by atoms with Gasteiger partial charge in [-0.3, -0.25) is 4.57 Å². The topological polar surface area (TPSA) is 86.5 Å². The lowest BCUT2D eigenvalue weighted by Gasteiger charge is -2.27. The summed E-state index contributed by atoms with van der Waals surface area (Å²) in [4.78, 5) is 14.1. The molecule has 3 aromatic rings. The van der Waals surface area contributed by atoms with E-state index in [1.807, 2.05) is 12.1 Å². The summed E-state index contributed by atoms with van der Waals surface area (Å²) in [7, 11) is 1.34. The summed E-state index contributed by atoms with van der Waals surface area (Å²) in [6.07, 6.45) is 6.73. The van der Waals surface area contributed by atoms with Crippen LogP contribution in [0.4, 0.5) is 5.95 Å². The second-order valence-corrected chi connectivity index (χ2v) is 7.49. The van der Waals surface area contributed by atoms with E-state index in [9.17, 15) is 4.79 Å². The lowest BCUT2D eigenvalue weighted by Crippen LogP contribution is -2.32. The van der Waals surface area contributed by atoms with Crippen LogP contribution in [0.25, 0.3) is 0 Å². The van der Waals surface area contributed by atoms with Crippen molar-refractivity contribution in [1.29, 1.82) is 0 Å². The zero-order valence-corrected chi connectivity index (χ0v) is 16.5. The number of methoxy groups -OCH3 is 1. The number of aromatic nitrogens is 3. The summed E-state index contributed by atoms with van der Waals surface area (Å²) in [5.74, 6) is 1.98. The van der Waals surface area contributed by atoms with Crippen LogP contribution in [-0.2, 0) is 17.0 Å². The molecule has 4 heterocycles. The van der Waals surface area contributed by atoms with E-state index in [2.05, 4.69) is 19.7 Å². The van der Waals surface area contributed by atoms with Crippen molar-refractivity contribution in [3.63, 3.8) is 0 Å². The first-order valence-electron chi connectivity index (χ1n) is 9.24. The molecule has 9 heteroatoms. The highest BCUT2D eigenvalue weighted by atomic mass is 32.2. The SMILES string of the molecule is COC(=O)c1occc1CSc1nnc(N2CCCCC2)n1Cc1ccco1. The van der Waals surface area contributed by atoms with Crippen molar-refractivity contribution in [2.75, 3.05) is 25.1 Å². The number of nitrogens with zero attached hydrogens (tertiary/aromatic N) is 4. The van der Waals surface area contributed by atoms with E-state index in [-0.39, 0.29) is 5.76 Å². The number of thioether (sulfide) groups is 1. The van der Waals surface area contributed by atoms with E-state index >= 15 is 0 Å². The van der Waals surface area contributed by atoms with Gasteiger partial charge in [0.2, 0.25) is 11.7 Å². The van der Waals surface area contributed by atoms with Gasteiger partial charge < -0.3 is 18.5 Å². The summed E-state index contributed by atoms with van der Waals surface area (Å²) in [6, 6.07) is 5.60. The first-order chi connectivity index (χ1) is 13.8. The summed E-state index contributed by atoms with van der Waals surface area (Å²) < 4.78 is 17.7. The molecule has 3 aromatic heterocycles. The molecule has 0 bridgehead atoms. The van der Waals surface area contributed by atoms with Crippen LogP contribution in [0.15, 0.2) is 44.7 Å². The molecule has 0 saturated carbocycles. The second-order valence-electron chi connectivity index (χ2n) is 6.55. The van der Waals surface area contributed by atoms with Crippen molar-refractivity contribution in [3.05, 3.63) is 47.8 Å². The maximum Gasteiger partial charge on any atom is 0.374 e. The van der Waals surface area contributed by atoms with Gasteiger partial charge in [-0.2, -0.15) is 0 Å². The number of carbonyl (C=O) groups is 1. The average Bonchev–Trinajstić information content (AvgIpc) is 3.48. The van der Waals surface area contributed by atoms with Crippen LogP contribution in [0.1, 0.15) is 41.1 Å².